The van der Waals surface area contributed by atoms with Crippen molar-refractivity contribution in [1.82, 2.24) is 9.97 Å². The molecule has 0 spiro atoms. The lowest BCUT2D eigenvalue weighted by Gasteiger charge is -2.08. The smallest absolute Gasteiger partial charge is 0.199 e. The third-order valence-corrected chi connectivity index (χ3v) is 3.51. The van der Waals surface area contributed by atoms with E-state index in [1.165, 1.54) is 0 Å². The molecule has 17 heavy (non-hydrogen) atoms. The van der Waals surface area contributed by atoms with Gasteiger partial charge in [0, 0.05) is 11.3 Å². The van der Waals surface area contributed by atoms with Crippen molar-refractivity contribution in [1.29, 1.82) is 0 Å². The number of hydrogen-bond donors (Lipinski definition) is 2. The van der Waals surface area contributed by atoms with Gasteiger partial charge in [-0.25, -0.2) is 15.8 Å². The fourth-order valence-corrected chi connectivity index (χ4v) is 2.49. The van der Waals surface area contributed by atoms with Crippen LogP contribution in [0, 0.1) is 0 Å². The summed E-state index contributed by atoms with van der Waals surface area (Å²) in [6, 6.07) is 1.82. The summed E-state index contributed by atoms with van der Waals surface area (Å²) >= 11 is 3.40. The van der Waals surface area contributed by atoms with Crippen LogP contribution in [-0.2, 0) is 12.8 Å². The van der Waals surface area contributed by atoms with Gasteiger partial charge in [0.15, 0.2) is 11.6 Å². The Kier molecular flexibility index (Phi) is 2.60. The molecule has 0 radical (unpaired) electrons. The predicted molar refractivity (Wildman–Crippen MR) is 67.3 cm³/mol. The number of aromatic nitrogens is 2. The van der Waals surface area contributed by atoms with Crippen molar-refractivity contribution >= 4 is 21.7 Å². The van der Waals surface area contributed by atoms with Crippen molar-refractivity contribution in [2.24, 2.45) is 5.84 Å². The van der Waals surface area contributed by atoms with Crippen molar-refractivity contribution in [3.05, 3.63) is 28.1 Å². The van der Waals surface area contributed by atoms with E-state index in [-0.39, 0.29) is 0 Å². The highest BCUT2D eigenvalue weighted by Gasteiger charge is 2.21. The number of nitrogens with zero attached hydrogens (tertiary/aromatic N) is 2. The molecule has 1 aliphatic carbocycles. The third-order valence-electron chi connectivity index (χ3n) is 2.89. The number of nitrogens with one attached hydrogen (secondary N) is 1. The minimum Gasteiger partial charge on any atom is -0.460 e. The van der Waals surface area contributed by atoms with E-state index >= 15 is 0 Å². The predicted octanol–water partition coefficient (Wildman–Crippen LogP) is 2.27. The Hall–Kier alpha value is -1.40. The highest BCUT2D eigenvalue weighted by molar-refractivity contribution is 9.10. The average Bonchev–Trinajstić information content (AvgIpc) is 2.95. The Morgan fingerprint density at radius 2 is 2.24 bits per heavy atom. The van der Waals surface area contributed by atoms with Gasteiger partial charge < -0.3 is 9.84 Å². The normalized spacial score (nSPS) is 13.8. The van der Waals surface area contributed by atoms with Crippen molar-refractivity contribution in [3.63, 3.8) is 0 Å². The van der Waals surface area contributed by atoms with E-state index in [0.717, 1.165) is 35.0 Å². The van der Waals surface area contributed by atoms with Gasteiger partial charge in [-0.15, -0.1) is 0 Å². The number of fused-ring (bicyclic) bond motifs is 1. The topological polar surface area (TPSA) is 77.0 Å². The minimum absolute atomic E-state index is 0.565. The summed E-state index contributed by atoms with van der Waals surface area (Å²) in [5, 5.41) is 0. The highest BCUT2D eigenvalue weighted by atomic mass is 79.9. The van der Waals surface area contributed by atoms with Gasteiger partial charge in [-0.3, -0.25) is 0 Å². The number of rotatable bonds is 2. The van der Waals surface area contributed by atoms with Gasteiger partial charge in [0.25, 0.3) is 0 Å². The Morgan fingerprint density at radius 1 is 1.35 bits per heavy atom. The molecule has 0 amide bonds. The zero-order valence-electron chi connectivity index (χ0n) is 9.03. The molecule has 0 fully saturated rings. The van der Waals surface area contributed by atoms with E-state index in [1.54, 1.807) is 6.26 Å². The Labute approximate surface area is 107 Å². The molecule has 0 aromatic carbocycles. The van der Waals surface area contributed by atoms with Gasteiger partial charge >= 0.3 is 0 Å². The molecule has 0 unspecified atom stereocenters. The van der Waals surface area contributed by atoms with Crippen LogP contribution >= 0.6 is 15.9 Å². The molecule has 0 saturated heterocycles. The zero-order chi connectivity index (χ0) is 11.8. The van der Waals surface area contributed by atoms with E-state index in [4.69, 9.17) is 10.3 Å². The molecule has 2 aromatic rings. The molecule has 1 aliphatic rings. The summed E-state index contributed by atoms with van der Waals surface area (Å²) in [7, 11) is 0. The van der Waals surface area contributed by atoms with E-state index in [1.807, 2.05) is 6.07 Å². The Bertz CT molecular complexity index is 567. The summed E-state index contributed by atoms with van der Waals surface area (Å²) in [6.07, 6.45) is 4.65. The van der Waals surface area contributed by atoms with Gasteiger partial charge in [0.1, 0.15) is 5.82 Å². The van der Waals surface area contributed by atoms with Gasteiger partial charge in [0.2, 0.25) is 0 Å². The monoisotopic (exact) mass is 294 g/mol. The summed E-state index contributed by atoms with van der Waals surface area (Å²) < 4.78 is 6.21. The Morgan fingerprint density at radius 3 is 2.94 bits per heavy atom. The van der Waals surface area contributed by atoms with Crippen LogP contribution in [0.5, 0.6) is 0 Å². The van der Waals surface area contributed by atoms with Crippen LogP contribution in [-0.4, -0.2) is 9.97 Å². The second-order valence-electron chi connectivity index (χ2n) is 3.92. The first kappa shape index (κ1) is 10.7. The zero-order valence-corrected chi connectivity index (χ0v) is 10.6. The quantitative estimate of drug-likeness (QED) is 0.656. The SMILES string of the molecule is NNc1nc(-c2occc2Br)nc2c1CCC2. The third kappa shape index (κ3) is 1.73. The van der Waals surface area contributed by atoms with Crippen molar-refractivity contribution in [2.75, 3.05) is 5.43 Å². The maximum Gasteiger partial charge on any atom is 0.199 e. The molecule has 0 bridgehead atoms. The number of furan rings is 1. The first-order chi connectivity index (χ1) is 8.29. The van der Waals surface area contributed by atoms with Crippen LogP contribution in [0.2, 0.25) is 0 Å². The molecule has 2 heterocycles. The lowest BCUT2D eigenvalue weighted by atomic mass is 10.2. The highest BCUT2D eigenvalue weighted by Crippen LogP contribution is 2.32. The molecule has 2 aromatic heterocycles. The largest absolute Gasteiger partial charge is 0.460 e. The second kappa shape index (κ2) is 4.12. The lowest BCUT2D eigenvalue weighted by Crippen LogP contribution is -2.12. The van der Waals surface area contributed by atoms with Gasteiger partial charge in [-0.05, 0) is 41.3 Å². The number of anilines is 1. The van der Waals surface area contributed by atoms with Crippen LogP contribution in [0.1, 0.15) is 17.7 Å². The van der Waals surface area contributed by atoms with Crippen LogP contribution in [0.3, 0.4) is 0 Å². The second-order valence-corrected chi connectivity index (χ2v) is 4.77. The van der Waals surface area contributed by atoms with Crippen LogP contribution in [0.4, 0.5) is 5.82 Å². The van der Waals surface area contributed by atoms with Crippen molar-refractivity contribution in [2.45, 2.75) is 19.3 Å². The molecule has 3 rings (SSSR count). The molecular weight excluding hydrogens is 284 g/mol. The van der Waals surface area contributed by atoms with Gasteiger partial charge in [-0.1, -0.05) is 0 Å². The molecule has 0 saturated carbocycles. The summed E-state index contributed by atoms with van der Waals surface area (Å²) in [6.45, 7) is 0. The molecular formula is C11H11BrN4O. The number of nitrogen functional groups attached to an aromatic ring is 1. The molecule has 0 aliphatic heterocycles. The first-order valence-electron chi connectivity index (χ1n) is 5.39. The summed E-state index contributed by atoms with van der Waals surface area (Å²) in [4.78, 5) is 8.93. The minimum atomic E-state index is 0.565. The Balaban J connectivity index is 2.16. The van der Waals surface area contributed by atoms with Crippen LogP contribution in [0.25, 0.3) is 11.6 Å². The van der Waals surface area contributed by atoms with Crippen LogP contribution in [0.15, 0.2) is 21.2 Å². The average molecular weight is 295 g/mol. The van der Waals surface area contributed by atoms with Gasteiger partial charge in [0.05, 0.1) is 10.7 Å². The summed E-state index contributed by atoms with van der Waals surface area (Å²) in [5.74, 6) is 7.40. The van der Waals surface area contributed by atoms with Crippen LogP contribution < -0.4 is 11.3 Å². The van der Waals surface area contributed by atoms with Crippen molar-refractivity contribution < 1.29 is 4.42 Å². The van der Waals surface area contributed by atoms with E-state index in [9.17, 15) is 0 Å². The molecule has 6 heteroatoms. The molecule has 0 atom stereocenters. The number of halogens is 1. The van der Waals surface area contributed by atoms with E-state index in [2.05, 4.69) is 31.3 Å². The fourth-order valence-electron chi connectivity index (χ4n) is 2.11. The van der Waals surface area contributed by atoms with Crippen molar-refractivity contribution in [3.8, 4) is 11.6 Å². The van der Waals surface area contributed by atoms with Gasteiger partial charge in [-0.2, -0.15) is 0 Å². The maximum atomic E-state index is 5.50. The molecule has 88 valence electrons. The number of nitrogens with two attached hydrogens (primary N) is 1. The molecule has 5 nitrogen and oxygen atoms in total. The number of hydrazine groups is 1. The fraction of sp³-hybridized carbons (Fsp3) is 0.273. The number of aryl methyl sites for hydroxylation is 1. The number of hydrogen-bond acceptors (Lipinski definition) is 5. The standard InChI is InChI=1S/C11H11BrN4O/c12-7-4-5-17-9(7)11-14-8-3-1-2-6(8)10(15-11)16-13/h4-5H,1-3,13H2,(H,14,15,16). The first-order valence-corrected chi connectivity index (χ1v) is 6.18. The summed E-state index contributed by atoms with van der Waals surface area (Å²) in [5.41, 5.74) is 4.83. The lowest BCUT2D eigenvalue weighted by molar-refractivity contribution is 0.575. The molecule has 3 N–H and O–H groups in total. The van der Waals surface area contributed by atoms with E-state index in [0.29, 0.717) is 17.4 Å². The maximum absolute atomic E-state index is 5.50. The van der Waals surface area contributed by atoms with E-state index < -0.39 is 0 Å².